The van der Waals surface area contributed by atoms with Gasteiger partial charge in [-0.3, -0.25) is 9.59 Å². The third kappa shape index (κ3) is 3.53. The zero-order valence-electron chi connectivity index (χ0n) is 14.6. The summed E-state index contributed by atoms with van der Waals surface area (Å²) in [4.78, 5) is 27.7. The molecule has 6 heteroatoms. The summed E-state index contributed by atoms with van der Waals surface area (Å²) in [6.45, 7) is 1.44. The highest BCUT2D eigenvalue weighted by atomic mass is 35.5. The first-order valence-corrected chi connectivity index (χ1v) is 9.32. The predicted molar refractivity (Wildman–Crippen MR) is 102 cm³/mol. The van der Waals surface area contributed by atoms with Gasteiger partial charge in [-0.15, -0.1) is 0 Å². The summed E-state index contributed by atoms with van der Waals surface area (Å²) < 4.78 is 13.1. The second-order valence-electron chi connectivity index (χ2n) is 6.90. The van der Waals surface area contributed by atoms with E-state index in [0.717, 1.165) is 29.0 Å². The number of quaternary nitrogens is 1. The van der Waals surface area contributed by atoms with E-state index in [1.54, 1.807) is 36.4 Å². The summed E-state index contributed by atoms with van der Waals surface area (Å²) in [7, 11) is 0. The Morgan fingerprint density at radius 3 is 2.37 bits per heavy atom. The van der Waals surface area contributed by atoms with Crippen LogP contribution in [-0.4, -0.2) is 30.9 Å². The van der Waals surface area contributed by atoms with Gasteiger partial charge in [0.25, 0.3) is 5.91 Å². The minimum Gasteiger partial charge on any atom is -0.321 e. The zero-order chi connectivity index (χ0) is 19.0. The van der Waals surface area contributed by atoms with E-state index in [1.165, 1.54) is 17.0 Å². The average Bonchev–Trinajstić information content (AvgIpc) is 2.98. The third-order valence-corrected chi connectivity index (χ3v) is 5.52. The lowest BCUT2D eigenvalue weighted by Gasteiger charge is -2.27. The molecule has 1 fully saturated rings. The van der Waals surface area contributed by atoms with E-state index in [4.69, 9.17) is 11.6 Å². The fourth-order valence-electron chi connectivity index (χ4n) is 3.81. The number of nitrogens with zero attached hydrogens (tertiary/aromatic N) is 1. The number of rotatable bonds is 3. The molecule has 0 saturated carbocycles. The highest BCUT2D eigenvalue weighted by molar-refractivity contribution is 6.30. The zero-order valence-corrected chi connectivity index (χ0v) is 15.4. The Bertz CT molecular complexity index is 909. The van der Waals surface area contributed by atoms with Crippen LogP contribution in [0.2, 0.25) is 5.02 Å². The Labute approximate surface area is 161 Å². The molecule has 2 atom stereocenters. The van der Waals surface area contributed by atoms with Gasteiger partial charge in [-0.05, 0) is 53.6 Å². The molecule has 4 rings (SSSR count). The van der Waals surface area contributed by atoms with Crippen LogP contribution in [0, 0.1) is 5.82 Å². The maximum Gasteiger partial charge on any atom is 0.292 e. The van der Waals surface area contributed by atoms with Crippen molar-refractivity contribution in [2.75, 3.05) is 18.0 Å². The molecule has 0 bridgehead atoms. The van der Waals surface area contributed by atoms with Gasteiger partial charge in [0.05, 0.1) is 25.2 Å². The van der Waals surface area contributed by atoms with Crippen molar-refractivity contribution in [1.82, 2.24) is 0 Å². The van der Waals surface area contributed by atoms with Crippen LogP contribution in [0.25, 0.3) is 5.57 Å². The van der Waals surface area contributed by atoms with Crippen molar-refractivity contribution in [3.63, 3.8) is 0 Å². The van der Waals surface area contributed by atoms with Crippen LogP contribution in [0.5, 0.6) is 0 Å². The molecule has 2 amide bonds. The average molecular weight is 386 g/mol. The maximum atomic E-state index is 13.1. The van der Waals surface area contributed by atoms with Crippen LogP contribution in [0.15, 0.2) is 54.6 Å². The molecule has 2 heterocycles. The quantitative estimate of drug-likeness (QED) is 0.825. The summed E-state index contributed by atoms with van der Waals surface area (Å²) in [5, 5.41) is 0.564. The number of hydrogen-bond donors (Lipinski definition) is 1. The van der Waals surface area contributed by atoms with Gasteiger partial charge in [-0.1, -0.05) is 23.7 Å². The first-order valence-electron chi connectivity index (χ1n) is 8.95. The van der Waals surface area contributed by atoms with E-state index in [2.05, 4.69) is 6.08 Å². The van der Waals surface area contributed by atoms with E-state index >= 15 is 0 Å². The van der Waals surface area contributed by atoms with Crippen LogP contribution in [0.1, 0.15) is 18.4 Å². The molecule has 1 unspecified atom stereocenters. The molecular weight excluding hydrogens is 367 g/mol. The molecule has 4 nitrogen and oxygen atoms in total. The Balaban J connectivity index is 1.48. The minimum absolute atomic E-state index is 0.157. The van der Waals surface area contributed by atoms with Crippen molar-refractivity contribution in [3.8, 4) is 0 Å². The lowest BCUT2D eigenvalue weighted by molar-refractivity contribution is -0.909. The molecule has 1 N–H and O–H groups in total. The predicted octanol–water partition coefficient (Wildman–Crippen LogP) is 2.48. The number of carbonyl (C=O) groups excluding carboxylic acids is 2. The van der Waals surface area contributed by atoms with Gasteiger partial charge in [-0.25, -0.2) is 9.29 Å². The Hall–Kier alpha value is -2.50. The number of anilines is 1. The van der Waals surface area contributed by atoms with E-state index in [9.17, 15) is 14.0 Å². The van der Waals surface area contributed by atoms with E-state index in [1.807, 2.05) is 0 Å². The first kappa shape index (κ1) is 17.9. The van der Waals surface area contributed by atoms with Crippen LogP contribution >= 0.6 is 11.6 Å². The summed E-state index contributed by atoms with van der Waals surface area (Å²) in [6, 6.07) is 12.8. The summed E-state index contributed by atoms with van der Waals surface area (Å²) in [5.41, 5.74) is 2.73. The van der Waals surface area contributed by atoms with Gasteiger partial charge in [0, 0.05) is 11.4 Å². The van der Waals surface area contributed by atoms with Gasteiger partial charge >= 0.3 is 0 Å². The monoisotopic (exact) mass is 385 g/mol. The standard InChI is InChI=1S/C21H18ClFN2O2/c22-16-3-7-18(8-4-16)25-20(26)13-19(21(25)27)24-11-9-15(10-12-24)14-1-5-17(23)6-2-14/h1-9,19H,10-13H2/p+1/t19-/m1/s1. The number of halogens is 2. The van der Waals surface area contributed by atoms with Gasteiger partial charge in [0.1, 0.15) is 5.82 Å². The van der Waals surface area contributed by atoms with E-state index in [-0.39, 0.29) is 30.1 Å². The van der Waals surface area contributed by atoms with Crippen LogP contribution in [0.3, 0.4) is 0 Å². The van der Waals surface area contributed by atoms with E-state index in [0.29, 0.717) is 17.3 Å². The number of carbonyl (C=O) groups is 2. The lowest BCUT2D eigenvalue weighted by atomic mass is 9.98. The van der Waals surface area contributed by atoms with Crippen LogP contribution < -0.4 is 9.80 Å². The van der Waals surface area contributed by atoms with Crippen molar-refractivity contribution in [2.45, 2.75) is 18.9 Å². The first-order chi connectivity index (χ1) is 13.0. The third-order valence-electron chi connectivity index (χ3n) is 5.27. The number of amides is 2. The molecule has 0 aromatic heterocycles. The number of imide groups is 1. The fraction of sp³-hybridized carbons (Fsp3) is 0.238. The SMILES string of the molecule is O=C1C[C@@H]([NH+]2CC=C(c3ccc(F)cc3)CC2)C(=O)N1c1ccc(Cl)cc1. The Kier molecular flexibility index (Phi) is 4.81. The van der Waals surface area contributed by atoms with Gasteiger partial charge < -0.3 is 4.90 Å². The molecule has 0 aliphatic carbocycles. The molecule has 2 aromatic carbocycles. The lowest BCUT2D eigenvalue weighted by Crippen LogP contribution is -3.17. The van der Waals surface area contributed by atoms with Gasteiger partial charge in [0.2, 0.25) is 5.91 Å². The highest BCUT2D eigenvalue weighted by Gasteiger charge is 2.45. The Morgan fingerprint density at radius 2 is 1.74 bits per heavy atom. The topological polar surface area (TPSA) is 41.8 Å². The van der Waals surface area contributed by atoms with Gasteiger partial charge in [-0.2, -0.15) is 0 Å². The summed E-state index contributed by atoms with van der Waals surface area (Å²) >= 11 is 5.89. The van der Waals surface area contributed by atoms with Gasteiger partial charge in [0.15, 0.2) is 6.04 Å². The molecule has 1 saturated heterocycles. The minimum atomic E-state index is -0.362. The van der Waals surface area contributed by atoms with Crippen LogP contribution in [0.4, 0.5) is 10.1 Å². The molecule has 2 aromatic rings. The normalized spacial score (nSPS) is 22.9. The van der Waals surface area contributed by atoms with Crippen molar-refractivity contribution in [2.24, 2.45) is 0 Å². The Morgan fingerprint density at radius 1 is 1.04 bits per heavy atom. The largest absolute Gasteiger partial charge is 0.321 e. The van der Waals surface area contributed by atoms with Crippen molar-refractivity contribution in [3.05, 3.63) is 71.0 Å². The second-order valence-corrected chi connectivity index (χ2v) is 7.34. The number of nitrogens with one attached hydrogen (secondary N) is 1. The van der Waals surface area contributed by atoms with Crippen molar-refractivity contribution < 1.29 is 18.9 Å². The number of hydrogen-bond acceptors (Lipinski definition) is 2. The van der Waals surface area contributed by atoms with Crippen molar-refractivity contribution in [1.29, 1.82) is 0 Å². The molecule has 2 aliphatic rings. The van der Waals surface area contributed by atoms with E-state index < -0.39 is 0 Å². The second kappa shape index (κ2) is 7.25. The van der Waals surface area contributed by atoms with Crippen LogP contribution in [-0.2, 0) is 9.59 Å². The highest BCUT2D eigenvalue weighted by Crippen LogP contribution is 2.24. The molecule has 2 aliphatic heterocycles. The summed E-state index contributed by atoms with van der Waals surface area (Å²) in [5.74, 6) is -0.580. The maximum absolute atomic E-state index is 13.1. The number of benzene rings is 2. The molecule has 138 valence electrons. The smallest absolute Gasteiger partial charge is 0.292 e. The summed E-state index contributed by atoms with van der Waals surface area (Å²) in [6.07, 6.45) is 3.10. The molecular formula is C21H19ClFN2O2+. The molecule has 0 radical (unpaired) electrons. The molecule has 27 heavy (non-hydrogen) atoms. The fourth-order valence-corrected chi connectivity index (χ4v) is 3.93. The van der Waals surface area contributed by atoms with Crippen molar-refractivity contribution >= 4 is 34.7 Å². The molecule has 0 spiro atoms.